The fourth-order valence-electron chi connectivity index (χ4n) is 2.97. The lowest BCUT2D eigenvalue weighted by Crippen LogP contribution is -2.21. The molecule has 1 aromatic heterocycles. The molecule has 0 amide bonds. The Morgan fingerprint density at radius 1 is 1.44 bits per heavy atom. The van der Waals surface area contributed by atoms with E-state index in [4.69, 9.17) is 9.72 Å². The van der Waals surface area contributed by atoms with Crippen LogP contribution in [-0.2, 0) is 11.3 Å². The molecular weight excluding hydrogens is 244 g/mol. The second-order valence-corrected chi connectivity index (χ2v) is 6.93. The molecule has 4 heteroatoms. The van der Waals surface area contributed by atoms with E-state index < -0.39 is 0 Å². The second kappa shape index (κ2) is 4.91. The molecule has 100 valence electrons. The normalized spacial score (nSPS) is 30.6. The Hall–Kier alpha value is -0.450. The van der Waals surface area contributed by atoms with Crippen molar-refractivity contribution in [1.29, 1.82) is 0 Å². The summed E-state index contributed by atoms with van der Waals surface area (Å²) in [5.41, 5.74) is 1.20. The molecule has 2 aliphatic rings. The highest BCUT2D eigenvalue weighted by Crippen LogP contribution is 2.45. The molecule has 3 atom stereocenters. The Balaban J connectivity index is 1.72. The molecular formula is C14H22N2OS. The van der Waals surface area contributed by atoms with Crippen LogP contribution in [0.25, 0.3) is 0 Å². The highest BCUT2D eigenvalue weighted by atomic mass is 32.1. The van der Waals surface area contributed by atoms with Gasteiger partial charge in [-0.2, -0.15) is 0 Å². The first-order chi connectivity index (χ1) is 8.63. The molecule has 3 heterocycles. The maximum atomic E-state index is 5.94. The van der Waals surface area contributed by atoms with Gasteiger partial charge in [-0.15, -0.1) is 11.3 Å². The summed E-state index contributed by atoms with van der Waals surface area (Å²) in [7, 11) is 0. The van der Waals surface area contributed by atoms with Crippen molar-refractivity contribution in [2.24, 2.45) is 0 Å². The summed E-state index contributed by atoms with van der Waals surface area (Å²) in [5, 5.41) is 4.79. The maximum Gasteiger partial charge on any atom is 0.0989 e. The highest BCUT2D eigenvalue weighted by molar-refractivity contribution is 7.11. The summed E-state index contributed by atoms with van der Waals surface area (Å²) >= 11 is 1.88. The molecule has 0 aromatic carbocycles. The number of hydrogen-bond donors (Lipinski definition) is 1. The molecule has 0 aliphatic carbocycles. The largest absolute Gasteiger partial charge is 0.374 e. The van der Waals surface area contributed by atoms with Crippen LogP contribution in [0, 0.1) is 6.92 Å². The topological polar surface area (TPSA) is 34.1 Å². The van der Waals surface area contributed by atoms with Gasteiger partial charge in [0.1, 0.15) is 0 Å². The van der Waals surface area contributed by atoms with Gasteiger partial charge in [-0.05, 0) is 26.2 Å². The Labute approximate surface area is 113 Å². The maximum absolute atomic E-state index is 5.94. The Morgan fingerprint density at radius 2 is 2.28 bits per heavy atom. The summed E-state index contributed by atoms with van der Waals surface area (Å²) < 4.78 is 5.94. The Kier molecular flexibility index (Phi) is 3.43. The number of hydrogen-bond acceptors (Lipinski definition) is 4. The lowest BCUT2D eigenvalue weighted by Gasteiger charge is -2.15. The second-order valence-electron chi connectivity index (χ2n) is 5.81. The zero-order valence-corrected chi connectivity index (χ0v) is 12.2. The van der Waals surface area contributed by atoms with Crippen LogP contribution in [0.3, 0.4) is 0 Å². The molecule has 3 unspecified atom stereocenters. The van der Waals surface area contributed by atoms with Crippen molar-refractivity contribution in [3.05, 3.63) is 15.6 Å². The standard InChI is InChI=1S/C14H22N2OS/c1-8(2)15-7-13-9(3)16-14(18-13)11-6-10-4-5-12(11)17-10/h8,10-12,15H,4-7H2,1-3H3. The molecule has 1 N–H and O–H groups in total. The fourth-order valence-corrected chi connectivity index (χ4v) is 4.15. The van der Waals surface area contributed by atoms with E-state index in [-0.39, 0.29) is 0 Å². The van der Waals surface area contributed by atoms with E-state index in [1.807, 2.05) is 11.3 Å². The molecule has 0 saturated carbocycles. The number of nitrogens with one attached hydrogen (secondary N) is 1. The molecule has 18 heavy (non-hydrogen) atoms. The molecule has 2 saturated heterocycles. The van der Waals surface area contributed by atoms with Crippen LogP contribution in [0.2, 0.25) is 0 Å². The highest BCUT2D eigenvalue weighted by Gasteiger charge is 2.42. The average molecular weight is 266 g/mol. The first-order valence-electron chi connectivity index (χ1n) is 6.98. The minimum atomic E-state index is 0.450. The summed E-state index contributed by atoms with van der Waals surface area (Å²) in [6.45, 7) is 7.44. The van der Waals surface area contributed by atoms with E-state index in [0.717, 1.165) is 6.54 Å². The van der Waals surface area contributed by atoms with Crippen LogP contribution >= 0.6 is 11.3 Å². The van der Waals surface area contributed by atoms with Gasteiger partial charge in [0.25, 0.3) is 0 Å². The fraction of sp³-hybridized carbons (Fsp3) is 0.786. The smallest absolute Gasteiger partial charge is 0.0989 e. The van der Waals surface area contributed by atoms with E-state index in [1.54, 1.807) is 0 Å². The van der Waals surface area contributed by atoms with Gasteiger partial charge >= 0.3 is 0 Å². The van der Waals surface area contributed by atoms with Crippen molar-refractivity contribution >= 4 is 11.3 Å². The zero-order valence-electron chi connectivity index (χ0n) is 11.4. The van der Waals surface area contributed by atoms with E-state index in [9.17, 15) is 0 Å². The summed E-state index contributed by atoms with van der Waals surface area (Å²) in [4.78, 5) is 6.18. The average Bonchev–Trinajstić information content (AvgIpc) is 3.00. The molecule has 3 nitrogen and oxygen atoms in total. The number of ether oxygens (including phenoxy) is 1. The van der Waals surface area contributed by atoms with Crippen LogP contribution in [0.1, 0.15) is 54.6 Å². The van der Waals surface area contributed by atoms with Crippen molar-refractivity contribution < 1.29 is 4.74 Å². The van der Waals surface area contributed by atoms with Gasteiger partial charge in [-0.25, -0.2) is 4.98 Å². The molecule has 2 bridgehead atoms. The Bertz CT molecular complexity index is 429. The van der Waals surface area contributed by atoms with Gasteiger partial charge in [0.05, 0.1) is 22.9 Å². The van der Waals surface area contributed by atoms with Gasteiger partial charge in [-0.3, -0.25) is 0 Å². The summed E-state index contributed by atoms with van der Waals surface area (Å²) in [6.07, 6.45) is 4.64. The monoisotopic (exact) mass is 266 g/mol. The van der Waals surface area contributed by atoms with Crippen molar-refractivity contribution in [2.45, 2.75) is 70.7 Å². The van der Waals surface area contributed by atoms with E-state index >= 15 is 0 Å². The van der Waals surface area contributed by atoms with Crippen LogP contribution < -0.4 is 5.32 Å². The van der Waals surface area contributed by atoms with Gasteiger partial charge in [0.2, 0.25) is 0 Å². The number of rotatable bonds is 4. The van der Waals surface area contributed by atoms with Gasteiger partial charge in [0, 0.05) is 23.4 Å². The number of nitrogens with zero attached hydrogens (tertiary/aromatic N) is 1. The van der Waals surface area contributed by atoms with Crippen molar-refractivity contribution in [3.63, 3.8) is 0 Å². The molecule has 1 aromatic rings. The van der Waals surface area contributed by atoms with Crippen molar-refractivity contribution in [1.82, 2.24) is 10.3 Å². The Morgan fingerprint density at radius 3 is 2.89 bits per heavy atom. The number of thiazole rings is 1. The lowest BCUT2D eigenvalue weighted by atomic mass is 9.90. The van der Waals surface area contributed by atoms with Crippen molar-refractivity contribution in [3.8, 4) is 0 Å². The van der Waals surface area contributed by atoms with Gasteiger partial charge < -0.3 is 10.1 Å². The van der Waals surface area contributed by atoms with Crippen LogP contribution in [0.4, 0.5) is 0 Å². The third-order valence-electron chi connectivity index (χ3n) is 4.00. The molecule has 0 radical (unpaired) electrons. The summed E-state index contributed by atoms with van der Waals surface area (Å²) in [6, 6.07) is 0.528. The number of fused-ring (bicyclic) bond motifs is 2. The van der Waals surface area contributed by atoms with Crippen molar-refractivity contribution in [2.75, 3.05) is 0 Å². The summed E-state index contributed by atoms with van der Waals surface area (Å²) in [5.74, 6) is 0.570. The zero-order chi connectivity index (χ0) is 12.7. The SMILES string of the molecule is Cc1nc(C2CC3CCC2O3)sc1CNC(C)C. The van der Waals surface area contributed by atoms with E-state index in [0.29, 0.717) is 24.2 Å². The molecule has 3 rings (SSSR count). The third kappa shape index (κ3) is 2.33. The minimum Gasteiger partial charge on any atom is -0.374 e. The quantitative estimate of drug-likeness (QED) is 0.909. The molecule has 0 spiro atoms. The molecule has 2 fully saturated rings. The van der Waals surface area contributed by atoms with E-state index in [2.05, 4.69) is 26.1 Å². The van der Waals surface area contributed by atoms with Crippen LogP contribution in [0.15, 0.2) is 0 Å². The van der Waals surface area contributed by atoms with Crippen LogP contribution in [0.5, 0.6) is 0 Å². The minimum absolute atomic E-state index is 0.450. The first-order valence-corrected chi connectivity index (χ1v) is 7.80. The predicted octanol–water partition coefficient (Wildman–Crippen LogP) is 2.98. The first kappa shape index (κ1) is 12.6. The number of aromatic nitrogens is 1. The molecule has 2 aliphatic heterocycles. The predicted molar refractivity (Wildman–Crippen MR) is 74.1 cm³/mol. The van der Waals surface area contributed by atoms with Crippen LogP contribution in [-0.4, -0.2) is 23.2 Å². The van der Waals surface area contributed by atoms with Gasteiger partial charge in [-0.1, -0.05) is 13.8 Å². The van der Waals surface area contributed by atoms with E-state index in [1.165, 1.54) is 34.8 Å². The van der Waals surface area contributed by atoms with Gasteiger partial charge in [0.15, 0.2) is 0 Å². The third-order valence-corrected chi connectivity index (χ3v) is 5.29. The lowest BCUT2D eigenvalue weighted by molar-refractivity contribution is 0.101. The number of aryl methyl sites for hydroxylation is 1.